The fraction of sp³-hybridized carbons (Fsp3) is 0.591. The van der Waals surface area contributed by atoms with Gasteiger partial charge < -0.3 is 24.1 Å². The number of carbonyl (C=O) groups excluding carboxylic acids is 3. The van der Waals surface area contributed by atoms with Crippen LogP contribution in [0.15, 0.2) is 35.5 Å². The number of ether oxygens (including phenoxy) is 4. The summed E-state index contributed by atoms with van der Waals surface area (Å²) < 4.78 is 22.3. The highest BCUT2D eigenvalue weighted by atomic mass is 16.6. The Balaban J connectivity index is 2.03. The molecule has 30 heavy (non-hydrogen) atoms. The summed E-state index contributed by atoms with van der Waals surface area (Å²) in [6, 6.07) is 0. The lowest BCUT2D eigenvalue weighted by Gasteiger charge is -2.33. The van der Waals surface area contributed by atoms with E-state index in [-0.39, 0.29) is 12.0 Å². The van der Waals surface area contributed by atoms with Gasteiger partial charge in [0.15, 0.2) is 6.10 Å². The number of hydrogen-bond donors (Lipinski definition) is 1. The Bertz CT molecular complexity index is 836. The molecule has 0 spiro atoms. The maximum absolute atomic E-state index is 12.5. The Morgan fingerprint density at radius 1 is 1.33 bits per heavy atom. The molecule has 0 bridgehead atoms. The smallest absolute Gasteiger partial charge is 0.334 e. The topological polar surface area (TPSA) is 112 Å². The predicted molar refractivity (Wildman–Crippen MR) is 105 cm³/mol. The summed E-state index contributed by atoms with van der Waals surface area (Å²) in [6.45, 7) is 11.8. The monoisotopic (exact) mass is 420 g/mol. The van der Waals surface area contributed by atoms with E-state index in [0.29, 0.717) is 11.1 Å². The van der Waals surface area contributed by atoms with Crippen LogP contribution in [0.2, 0.25) is 0 Å². The second-order valence-electron chi connectivity index (χ2n) is 8.36. The highest BCUT2D eigenvalue weighted by Crippen LogP contribution is 2.45. The van der Waals surface area contributed by atoms with Crippen LogP contribution >= 0.6 is 0 Å². The molecule has 0 aromatic carbocycles. The third kappa shape index (κ3) is 4.20. The van der Waals surface area contributed by atoms with Gasteiger partial charge in [0.05, 0.1) is 11.5 Å². The first-order valence-corrected chi connectivity index (χ1v) is 9.93. The number of epoxide rings is 1. The molecule has 0 saturated carbocycles. The molecule has 3 rings (SSSR count). The molecule has 164 valence electrons. The Morgan fingerprint density at radius 2 is 2.00 bits per heavy atom. The maximum Gasteiger partial charge on any atom is 0.334 e. The van der Waals surface area contributed by atoms with E-state index >= 15 is 0 Å². The van der Waals surface area contributed by atoms with Crippen LogP contribution in [-0.4, -0.2) is 59.1 Å². The van der Waals surface area contributed by atoms with Gasteiger partial charge in [0.25, 0.3) is 0 Å². The average molecular weight is 420 g/mol. The van der Waals surface area contributed by atoms with Crippen molar-refractivity contribution in [3.05, 3.63) is 35.5 Å². The summed E-state index contributed by atoms with van der Waals surface area (Å²) in [5.41, 5.74) is -0.232. The summed E-state index contributed by atoms with van der Waals surface area (Å²) in [5.74, 6) is -2.33. The predicted octanol–water partition coefficient (Wildman–Crippen LogP) is 1.76. The highest BCUT2D eigenvalue weighted by Gasteiger charge is 2.59. The van der Waals surface area contributed by atoms with Gasteiger partial charge in [-0.3, -0.25) is 4.79 Å². The van der Waals surface area contributed by atoms with Crippen molar-refractivity contribution in [2.75, 3.05) is 0 Å². The second-order valence-corrected chi connectivity index (χ2v) is 8.36. The molecule has 2 fully saturated rings. The molecule has 1 N–H and O–H groups in total. The van der Waals surface area contributed by atoms with Gasteiger partial charge in [-0.25, -0.2) is 9.59 Å². The summed E-state index contributed by atoms with van der Waals surface area (Å²) in [6.07, 6.45) is -0.261. The van der Waals surface area contributed by atoms with Crippen LogP contribution in [-0.2, 0) is 33.3 Å². The SMILES string of the molecule is C=C1C(=O)OC2C=C(C)C(OC(C)=O)C3OC3C(C)(O)CC(OC(=O)C(C)=CC)C12. The van der Waals surface area contributed by atoms with Crippen LogP contribution in [0, 0.1) is 5.92 Å². The van der Waals surface area contributed by atoms with E-state index in [1.165, 1.54) is 6.92 Å². The van der Waals surface area contributed by atoms with Gasteiger partial charge in [-0.2, -0.15) is 0 Å². The zero-order valence-corrected chi connectivity index (χ0v) is 17.8. The van der Waals surface area contributed by atoms with Gasteiger partial charge >= 0.3 is 17.9 Å². The van der Waals surface area contributed by atoms with Gasteiger partial charge in [0.1, 0.15) is 24.4 Å². The maximum atomic E-state index is 12.5. The van der Waals surface area contributed by atoms with Crippen LogP contribution in [0.25, 0.3) is 0 Å². The molecule has 7 unspecified atom stereocenters. The van der Waals surface area contributed by atoms with E-state index in [1.807, 2.05) is 0 Å². The Labute approximate surface area is 175 Å². The molecule has 1 aliphatic carbocycles. The number of fused-ring (bicyclic) bond motifs is 2. The Morgan fingerprint density at radius 3 is 2.60 bits per heavy atom. The first-order valence-electron chi connectivity index (χ1n) is 9.93. The molecular formula is C22H28O8. The van der Waals surface area contributed by atoms with Crippen LogP contribution in [0.3, 0.4) is 0 Å². The van der Waals surface area contributed by atoms with Gasteiger partial charge in [-0.15, -0.1) is 0 Å². The number of aliphatic hydroxyl groups is 1. The molecule has 2 saturated heterocycles. The highest BCUT2D eigenvalue weighted by molar-refractivity contribution is 5.92. The van der Waals surface area contributed by atoms with Gasteiger partial charge in [0, 0.05) is 24.5 Å². The first-order chi connectivity index (χ1) is 14.0. The van der Waals surface area contributed by atoms with Crippen molar-refractivity contribution in [1.82, 2.24) is 0 Å². The molecular weight excluding hydrogens is 392 g/mol. The molecule has 0 radical (unpaired) electrons. The van der Waals surface area contributed by atoms with Gasteiger partial charge in [-0.1, -0.05) is 12.7 Å². The molecule has 8 heteroatoms. The third-order valence-corrected chi connectivity index (χ3v) is 5.90. The molecule has 3 aliphatic rings. The lowest BCUT2D eigenvalue weighted by atomic mass is 9.80. The van der Waals surface area contributed by atoms with Crippen molar-refractivity contribution < 1.29 is 38.4 Å². The minimum Gasteiger partial charge on any atom is -0.458 e. The van der Waals surface area contributed by atoms with Gasteiger partial charge in [-0.05, 0) is 39.3 Å². The standard InChI is InChI=1S/C22H28O8/c1-7-10(2)20(24)29-15-9-22(6,26)19-18(30-19)17(27-13(5)23)11(3)8-14-16(15)12(4)21(25)28-14/h7-8,14-19,26H,4,9H2,1-3,5-6H3. The van der Waals surface area contributed by atoms with E-state index in [2.05, 4.69) is 6.58 Å². The van der Waals surface area contributed by atoms with Crippen molar-refractivity contribution in [1.29, 1.82) is 0 Å². The van der Waals surface area contributed by atoms with Crippen molar-refractivity contribution in [3.8, 4) is 0 Å². The van der Waals surface area contributed by atoms with Crippen LogP contribution < -0.4 is 0 Å². The third-order valence-electron chi connectivity index (χ3n) is 5.90. The summed E-state index contributed by atoms with van der Waals surface area (Å²) in [5, 5.41) is 11.1. The van der Waals surface area contributed by atoms with Crippen molar-refractivity contribution in [3.63, 3.8) is 0 Å². The Hall–Kier alpha value is -2.45. The number of carbonyl (C=O) groups is 3. The van der Waals surface area contributed by atoms with Crippen LogP contribution in [0.1, 0.15) is 41.0 Å². The normalized spacial score (nSPS) is 38.6. The van der Waals surface area contributed by atoms with Crippen LogP contribution in [0.5, 0.6) is 0 Å². The summed E-state index contributed by atoms with van der Waals surface area (Å²) in [7, 11) is 0. The number of hydrogen-bond acceptors (Lipinski definition) is 8. The lowest BCUT2D eigenvalue weighted by molar-refractivity contribution is -0.152. The first kappa shape index (κ1) is 22.2. The fourth-order valence-corrected chi connectivity index (χ4v) is 4.10. The molecule has 0 aromatic heterocycles. The van der Waals surface area contributed by atoms with E-state index in [0.717, 1.165) is 0 Å². The molecule has 0 aromatic rings. The second kappa shape index (κ2) is 8.00. The van der Waals surface area contributed by atoms with E-state index < -0.39 is 59.9 Å². The van der Waals surface area contributed by atoms with E-state index in [9.17, 15) is 19.5 Å². The zero-order valence-electron chi connectivity index (χ0n) is 17.8. The molecule has 2 heterocycles. The molecule has 2 aliphatic heterocycles. The number of rotatable bonds is 3. The fourth-order valence-electron chi connectivity index (χ4n) is 4.10. The molecule has 7 atom stereocenters. The number of esters is 3. The largest absolute Gasteiger partial charge is 0.458 e. The lowest BCUT2D eigenvalue weighted by Crippen LogP contribution is -2.45. The average Bonchev–Trinajstić information content (AvgIpc) is 3.40. The van der Waals surface area contributed by atoms with Crippen molar-refractivity contribution >= 4 is 17.9 Å². The zero-order chi connectivity index (χ0) is 22.4. The van der Waals surface area contributed by atoms with Crippen LogP contribution in [0.4, 0.5) is 0 Å². The summed E-state index contributed by atoms with van der Waals surface area (Å²) >= 11 is 0. The van der Waals surface area contributed by atoms with Gasteiger partial charge in [0.2, 0.25) is 0 Å². The minimum atomic E-state index is -1.41. The van der Waals surface area contributed by atoms with E-state index in [4.69, 9.17) is 18.9 Å². The quantitative estimate of drug-likeness (QED) is 0.242. The minimum absolute atomic E-state index is 0.00654. The molecule has 8 nitrogen and oxygen atoms in total. The van der Waals surface area contributed by atoms with Crippen molar-refractivity contribution in [2.24, 2.45) is 5.92 Å². The van der Waals surface area contributed by atoms with Crippen molar-refractivity contribution in [2.45, 2.75) is 77.2 Å². The van der Waals surface area contributed by atoms with E-state index in [1.54, 1.807) is 39.8 Å². The molecule has 0 amide bonds. The summed E-state index contributed by atoms with van der Waals surface area (Å²) in [4.78, 5) is 36.4. The Kier molecular flexibility index (Phi) is 5.93. The number of allylic oxidation sites excluding steroid dienone is 1.